The number of amides is 1. The molecule has 32 heavy (non-hydrogen) atoms. The van der Waals surface area contributed by atoms with Crippen LogP contribution in [0.15, 0.2) is 52.5 Å². The number of aliphatic imine (C=N–C) groups is 1. The molecule has 0 unspecified atom stereocenters. The summed E-state index contributed by atoms with van der Waals surface area (Å²) in [6, 6.07) is 8.55. The Bertz CT molecular complexity index is 1310. The van der Waals surface area contributed by atoms with E-state index in [4.69, 9.17) is 4.74 Å². The van der Waals surface area contributed by atoms with Gasteiger partial charge in [0.15, 0.2) is 10.8 Å². The summed E-state index contributed by atoms with van der Waals surface area (Å²) in [6.07, 6.45) is 1.38. The number of carbonyl (C=O) groups is 2. The van der Waals surface area contributed by atoms with Crippen LogP contribution >= 0.6 is 11.3 Å². The van der Waals surface area contributed by atoms with Gasteiger partial charge in [0.1, 0.15) is 11.6 Å². The highest BCUT2D eigenvalue weighted by atomic mass is 32.1. The van der Waals surface area contributed by atoms with Gasteiger partial charge < -0.3 is 4.74 Å². The summed E-state index contributed by atoms with van der Waals surface area (Å²) in [6.45, 7) is 5.38. The van der Waals surface area contributed by atoms with Gasteiger partial charge in [-0.1, -0.05) is 6.07 Å². The minimum Gasteiger partial charge on any atom is -0.402 e. The molecule has 2 heterocycles. The van der Waals surface area contributed by atoms with E-state index in [2.05, 4.69) is 9.98 Å². The van der Waals surface area contributed by atoms with Gasteiger partial charge in [0.2, 0.25) is 11.8 Å². The second-order valence-corrected chi connectivity index (χ2v) is 7.97. The second kappa shape index (κ2) is 8.43. The number of hydrogen-bond donors (Lipinski definition) is 0. The molecule has 9 heteroatoms. The maximum Gasteiger partial charge on any atom is 0.363 e. The number of cyclic esters (lactones) is 1. The van der Waals surface area contributed by atoms with E-state index < -0.39 is 17.6 Å². The van der Waals surface area contributed by atoms with Gasteiger partial charge in [0.25, 0.3) is 0 Å². The molecule has 1 aliphatic rings. The van der Waals surface area contributed by atoms with Crippen molar-refractivity contribution in [2.24, 2.45) is 4.99 Å². The van der Waals surface area contributed by atoms with Crippen LogP contribution in [0.2, 0.25) is 0 Å². The first-order chi connectivity index (χ1) is 15.2. The number of ether oxygens (including phenoxy) is 1. The number of anilines is 2. The molecule has 6 nitrogen and oxygen atoms in total. The van der Waals surface area contributed by atoms with Crippen LogP contribution < -0.4 is 4.90 Å². The zero-order valence-electron chi connectivity index (χ0n) is 17.3. The molecule has 2 aromatic carbocycles. The van der Waals surface area contributed by atoms with Crippen molar-refractivity contribution >= 4 is 46.0 Å². The summed E-state index contributed by atoms with van der Waals surface area (Å²) >= 11 is 1.22. The molecular weight excluding hydrogens is 436 g/mol. The first kappa shape index (κ1) is 21.5. The fourth-order valence-electron chi connectivity index (χ4n) is 3.06. The number of carbonyl (C=O) groups excluding carboxylic acids is 2. The Labute approximate surface area is 186 Å². The predicted molar refractivity (Wildman–Crippen MR) is 118 cm³/mol. The maximum absolute atomic E-state index is 14.0. The van der Waals surface area contributed by atoms with Crippen molar-refractivity contribution in [3.05, 3.63) is 81.5 Å². The highest BCUT2D eigenvalue weighted by Gasteiger charge is 2.27. The number of thiazole rings is 1. The predicted octanol–water partition coefficient (Wildman–Crippen LogP) is 5.07. The molecule has 1 amide bonds. The van der Waals surface area contributed by atoms with Crippen molar-refractivity contribution in [2.75, 3.05) is 4.90 Å². The Hall–Kier alpha value is -3.72. The van der Waals surface area contributed by atoms with E-state index in [0.29, 0.717) is 22.6 Å². The first-order valence-electron chi connectivity index (χ1n) is 9.54. The first-order valence-corrected chi connectivity index (χ1v) is 10.4. The average molecular weight is 453 g/mol. The minimum absolute atomic E-state index is 0.0823. The van der Waals surface area contributed by atoms with E-state index >= 15 is 0 Å². The van der Waals surface area contributed by atoms with E-state index in [1.165, 1.54) is 29.2 Å². The molecule has 0 spiro atoms. The number of rotatable bonds is 4. The molecular formula is C23H17F2N3O3S. The largest absolute Gasteiger partial charge is 0.402 e. The zero-order valence-corrected chi connectivity index (χ0v) is 18.2. The Morgan fingerprint density at radius 2 is 1.91 bits per heavy atom. The lowest BCUT2D eigenvalue weighted by atomic mass is 10.1. The molecule has 162 valence electrons. The lowest BCUT2D eigenvalue weighted by Crippen LogP contribution is -2.22. The highest BCUT2D eigenvalue weighted by Crippen LogP contribution is 2.31. The van der Waals surface area contributed by atoms with Gasteiger partial charge in [-0.25, -0.2) is 23.6 Å². The SMILES string of the molecule is CC(=O)N(c1ccc(C)c(C)c1)c1nc(/C=C2/N=C(c3ccc(F)cc3F)OC2=O)cs1. The van der Waals surface area contributed by atoms with Crippen molar-refractivity contribution in [3.8, 4) is 0 Å². The number of aromatic nitrogens is 1. The van der Waals surface area contributed by atoms with Crippen LogP contribution in [-0.2, 0) is 14.3 Å². The second-order valence-electron chi connectivity index (χ2n) is 7.14. The summed E-state index contributed by atoms with van der Waals surface area (Å²) < 4.78 is 32.1. The summed E-state index contributed by atoms with van der Waals surface area (Å²) in [4.78, 5) is 34.4. The maximum atomic E-state index is 14.0. The van der Waals surface area contributed by atoms with Gasteiger partial charge in [-0.05, 0) is 55.3 Å². The molecule has 0 radical (unpaired) electrons. The highest BCUT2D eigenvalue weighted by molar-refractivity contribution is 7.14. The molecule has 0 saturated carbocycles. The molecule has 0 saturated heterocycles. The van der Waals surface area contributed by atoms with Gasteiger partial charge in [-0.3, -0.25) is 9.69 Å². The number of hydrogen-bond acceptors (Lipinski definition) is 6. The van der Waals surface area contributed by atoms with Crippen LogP contribution in [0, 0.1) is 25.5 Å². The van der Waals surface area contributed by atoms with Crippen molar-refractivity contribution in [1.82, 2.24) is 4.98 Å². The molecule has 4 rings (SSSR count). The monoisotopic (exact) mass is 453 g/mol. The van der Waals surface area contributed by atoms with Crippen LogP contribution in [0.4, 0.5) is 19.6 Å². The molecule has 1 aliphatic heterocycles. The fourth-order valence-corrected chi connectivity index (χ4v) is 3.91. The topological polar surface area (TPSA) is 71.9 Å². The zero-order chi connectivity index (χ0) is 23.0. The van der Waals surface area contributed by atoms with Crippen molar-refractivity contribution in [1.29, 1.82) is 0 Å². The molecule has 0 bridgehead atoms. The van der Waals surface area contributed by atoms with E-state index in [0.717, 1.165) is 23.3 Å². The number of aryl methyl sites for hydroxylation is 2. The Morgan fingerprint density at radius 1 is 1.12 bits per heavy atom. The standard InChI is InChI=1S/C23H17F2N3O3S/c1-12-4-6-17(8-13(12)2)28(14(3)29)23-26-16(11-32-23)10-20-22(30)31-21(27-20)18-7-5-15(24)9-19(18)25/h4-11H,1-3H3/b20-10+. The molecule has 3 aromatic rings. The van der Waals surface area contributed by atoms with Gasteiger partial charge >= 0.3 is 5.97 Å². The summed E-state index contributed by atoms with van der Waals surface area (Å²) in [7, 11) is 0. The van der Waals surface area contributed by atoms with Gasteiger partial charge in [-0.2, -0.15) is 0 Å². The lowest BCUT2D eigenvalue weighted by molar-refractivity contribution is -0.130. The molecule has 0 aliphatic carbocycles. The summed E-state index contributed by atoms with van der Waals surface area (Å²) in [5.41, 5.74) is 3.00. The average Bonchev–Trinajstić information content (AvgIpc) is 3.32. The third-order valence-electron chi connectivity index (χ3n) is 4.83. The molecule has 0 N–H and O–H groups in total. The van der Waals surface area contributed by atoms with Crippen LogP contribution in [0.5, 0.6) is 0 Å². The fraction of sp³-hybridized carbons (Fsp3) is 0.130. The van der Waals surface area contributed by atoms with E-state index in [1.54, 1.807) is 5.38 Å². The third-order valence-corrected chi connectivity index (χ3v) is 5.68. The number of esters is 1. The normalized spacial score (nSPS) is 14.5. The quantitative estimate of drug-likeness (QED) is 0.409. The summed E-state index contributed by atoms with van der Waals surface area (Å²) in [5.74, 6) is -2.89. The van der Waals surface area contributed by atoms with E-state index in [9.17, 15) is 18.4 Å². The van der Waals surface area contributed by atoms with Gasteiger partial charge in [0.05, 0.1) is 16.9 Å². The van der Waals surface area contributed by atoms with Crippen molar-refractivity contribution in [2.45, 2.75) is 20.8 Å². The molecule has 0 atom stereocenters. The van der Waals surface area contributed by atoms with Crippen LogP contribution in [-0.4, -0.2) is 22.8 Å². The smallest absolute Gasteiger partial charge is 0.363 e. The Kier molecular flexibility index (Phi) is 5.67. The minimum atomic E-state index is -0.890. The summed E-state index contributed by atoms with van der Waals surface area (Å²) in [5, 5.41) is 2.09. The van der Waals surface area contributed by atoms with E-state index in [1.807, 2.05) is 32.0 Å². The Balaban J connectivity index is 1.65. The lowest BCUT2D eigenvalue weighted by Gasteiger charge is -2.19. The van der Waals surface area contributed by atoms with Crippen molar-refractivity contribution in [3.63, 3.8) is 0 Å². The molecule has 0 fully saturated rings. The van der Waals surface area contributed by atoms with Crippen molar-refractivity contribution < 1.29 is 23.1 Å². The molecule has 1 aromatic heterocycles. The van der Waals surface area contributed by atoms with Crippen LogP contribution in [0.25, 0.3) is 6.08 Å². The Morgan fingerprint density at radius 3 is 2.59 bits per heavy atom. The third kappa shape index (κ3) is 4.19. The van der Waals surface area contributed by atoms with Crippen LogP contribution in [0.3, 0.4) is 0 Å². The number of halogens is 2. The van der Waals surface area contributed by atoms with Gasteiger partial charge in [-0.15, -0.1) is 11.3 Å². The van der Waals surface area contributed by atoms with Crippen LogP contribution in [0.1, 0.15) is 29.3 Å². The number of nitrogens with zero attached hydrogens (tertiary/aromatic N) is 3. The van der Waals surface area contributed by atoms with Gasteiger partial charge in [0, 0.05) is 18.4 Å². The van der Waals surface area contributed by atoms with E-state index in [-0.39, 0.29) is 23.1 Å². The number of benzene rings is 2.